The summed E-state index contributed by atoms with van der Waals surface area (Å²) in [5.74, 6) is -0.0967. The highest BCUT2D eigenvalue weighted by Gasteiger charge is 2.45. The lowest BCUT2D eigenvalue weighted by Gasteiger charge is -2.40. The SMILES string of the molecule is CCCNC(=O)C1(c2ccc(NC(=O)c3cccc(Cl)c3)cc2)CCC1. The number of halogens is 1. The van der Waals surface area contributed by atoms with E-state index in [1.807, 2.05) is 31.2 Å². The number of carbonyl (C=O) groups excluding carboxylic acids is 2. The highest BCUT2D eigenvalue weighted by atomic mass is 35.5. The number of nitrogens with one attached hydrogen (secondary N) is 2. The van der Waals surface area contributed by atoms with Crippen LogP contribution in [-0.4, -0.2) is 18.4 Å². The maximum atomic E-state index is 12.6. The van der Waals surface area contributed by atoms with Gasteiger partial charge in [0.2, 0.25) is 5.91 Å². The number of amides is 2. The first-order chi connectivity index (χ1) is 12.5. The van der Waals surface area contributed by atoms with Crippen molar-refractivity contribution in [3.05, 3.63) is 64.7 Å². The molecule has 3 rings (SSSR count). The Labute approximate surface area is 158 Å². The zero-order chi connectivity index (χ0) is 18.6. The van der Waals surface area contributed by atoms with Gasteiger partial charge in [-0.05, 0) is 55.2 Å². The molecule has 0 unspecified atom stereocenters. The average Bonchev–Trinajstić information content (AvgIpc) is 2.60. The largest absolute Gasteiger partial charge is 0.355 e. The van der Waals surface area contributed by atoms with Crippen LogP contribution < -0.4 is 10.6 Å². The predicted octanol–water partition coefficient (Wildman–Crippen LogP) is 4.54. The van der Waals surface area contributed by atoms with Crippen molar-refractivity contribution < 1.29 is 9.59 Å². The lowest BCUT2D eigenvalue weighted by atomic mass is 9.64. The lowest BCUT2D eigenvalue weighted by Crippen LogP contribution is -2.49. The second-order valence-corrected chi connectivity index (χ2v) is 7.17. The van der Waals surface area contributed by atoms with Crippen LogP contribution in [0.4, 0.5) is 5.69 Å². The summed E-state index contributed by atoms with van der Waals surface area (Å²) in [6, 6.07) is 14.4. The van der Waals surface area contributed by atoms with Crippen LogP contribution in [0.3, 0.4) is 0 Å². The average molecular weight is 371 g/mol. The van der Waals surface area contributed by atoms with Gasteiger partial charge in [-0.3, -0.25) is 9.59 Å². The van der Waals surface area contributed by atoms with Crippen molar-refractivity contribution in [2.24, 2.45) is 0 Å². The molecule has 1 aliphatic rings. The Morgan fingerprint density at radius 3 is 2.42 bits per heavy atom. The molecule has 5 heteroatoms. The minimum absolute atomic E-state index is 0.112. The van der Waals surface area contributed by atoms with Gasteiger partial charge in [-0.25, -0.2) is 0 Å². The van der Waals surface area contributed by atoms with Crippen molar-refractivity contribution in [2.45, 2.75) is 38.0 Å². The molecule has 2 aromatic rings. The number of hydrogen-bond donors (Lipinski definition) is 2. The van der Waals surface area contributed by atoms with E-state index in [-0.39, 0.29) is 11.8 Å². The fourth-order valence-corrected chi connectivity index (χ4v) is 3.48. The second kappa shape index (κ2) is 7.92. The first-order valence-electron chi connectivity index (χ1n) is 9.01. The molecule has 26 heavy (non-hydrogen) atoms. The van der Waals surface area contributed by atoms with E-state index in [0.29, 0.717) is 22.8 Å². The molecule has 0 heterocycles. The Kier molecular flexibility index (Phi) is 5.62. The molecular weight excluding hydrogens is 348 g/mol. The van der Waals surface area contributed by atoms with Gasteiger partial charge in [0.1, 0.15) is 0 Å². The minimum atomic E-state index is -0.412. The van der Waals surface area contributed by atoms with Gasteiger partial charge in [0, 0.05) is 22.8 Å². The summed E-state index contributed by atoms with van der Waals surface area (Å²) in [7, 11) is 0. The van der Waals surface area contributed by atoms with Crippen molar-refractivity contribution in [1.82, 2.24) is 5.32 Å². The number of carbonyl (C=O) groups is 2. The topological polar surface area (TPSA) is 58.2 Å². The van der Waals surface area contributed by atoms with Crippen LogP contribution in [0.2, 0.25) is 5.02 Å². The van der Waals surface area contributed by atoms with E-state index in [4.69, 9.17) is 11.6 Å². The number of anilines is 1. The Balaban J connectivity index is 1.72. The summed E-state index contributed by atoms with van der Waals surface area (Å²) in [6.45, 7) is 2.75. The van der Waals surface area contributed by atoms with Gasteiger partial charge < -0.3 is 10.6 Å². The van der Waals surface area contributed by atoms with Gasteiger partial charge in [0.15, 0.2) is 0 Å². The zero-order valence-corrected chi connectivity index (χ0v) is 15.6. The summed E-state index contributed by atoms with van der Waals surface area (Å²) in [5.41, 5.74) is 1.81. The molecule has 4 nitrogen and oxygen atoms in total. The molecule has 0 aliphatic heterocycles. The van der Waals surface area contributed by atoms with Crippen molar-refractivity contribution in [2.75, 3.05) is 11.9 Å². The van der Waals surface area contributed by atoms with Crippen LogP contribution in [-0.2, 0) is 10.2 Å². The lowest BCUT2D eigenvalue weighted by molar-refractivity contribution is -0.129. The third kappa shape index (κ3) is 3.75. The molecule has 0 atom stereocenters. The molecule has 1 aliphatic carbocycles. The molecule has 0 aromatic heterocycles. The molecule has 2 N–H and O–H groups in total. The maximum absolute atomic E-state index is 12.6. The van der Waals surface area contributed by atoms with Gasteiger partial charge in [0.05, 0.1) is 5.41 Å². The quantitative estimate of drug-likeness (QED) is 0.784. The van der Waals surface area contributed by atoms with Crippen molar-refractivity contribution in [3.8, 4) is 0 Å². The standard InChI is InChI=1S/C21H23ClN2O2/c1-2-13-23-20(26)21(11-4-12-21)16-7-9-18(10-8-16)24-19(25)15-5-3-6-17(22)14-15/h3,5-10,14H,2,4,11-13H2,1H3,(H,23,26)(H,24,25). The first kappa shape index (κ1) is 18.5. The summed E-state index contributed by atoms with van der Waals surface area (Å²) >= 11 is 5.93. The van der Waals surface area contributed by atoms with Crippen LogP contribution in [0, 0.1) is 0 Å². The van der Waals surface area contributed by atoms with Gasteiger partial charge in [0.25, 0.3) is 5.91 Å². The molecule has 2 aromatic carbocycles. The highest BCUT2D eigenvalue weighted by Crippen LogP contribution is 2.44. The van der Waals surface area contributed by atoms with Crippen molar-refractivity contribution >= 4 is 29.1 Å². The fourth-order valence-electron chi connectivity index (χ4n) is 3.29. The van der Waals surface area contributed by atoms with E-state index >= 15 is 0 Å². The van der Waals surface area contributed by atoms with Gasteiger partial charge in [-0.2, -0.15) is 0 Å². The van der Waals surface area contributed by atoms with E-state index in [9.17, 15) is 9.59 Å². The second-order valence-electron chi connectivity index (χ2n) is 6.73. The molecule has 0 saturated heterocycles. The van der Waals surface area contributed by atoms with Crippen LogP contribution in [0.1, 0.15) is 48.5 Å². The molecule has 0 bridgehead atoms. The van der Waals surface area contributed by atoms with Crippen LogP contribution in [0.15, 0.2) is 48.5 Å². The van der Waals surface area contributed by atoms with Crippen LogP contribution >= 0.6 is 11.6 Å². The van der Waals surface area contributed by atoms with Crippen LogP contribution in [0.5, 0.6) is 0 Å². The summed E-state index contributed by atoms with van der Waals surface area (Å²) < 4.78 is 0. The van der Waals surface area contributed by atoms with Gasteiger partial charge >= 0.3 is 0 Å². The zero-order valence-electron chi connectivity index (χ0n) is 14.8. The highest BCUT2D eigenvalue weighted by molar-refractivity contribution is 6.31. The minimum Gasteiger partial charge on any atom is -0.355 e. The smallest absolute Gasteiger partial charge is 0.255 e. The normalized spacial score (nSPS) is 15.0. The molecule has 1 saturated carbocycles. The monoisotopic (exact) mass is 370 g/mol. The molecule has 0 radical (unpaired) electrons. The predicted molar refractivity (Wildman–Crippen MR) is 105 cm³/mol. The molecule has 2 amide bonds. The maximum Gasteiger partial charge on any atom is 0.255 e. The van der Waals surface area contributed by atoms with E-state index < -0.39 is 5.41 Å². The van der Waals surface area contributed by atoms with Crippen molar-refractivity contribution in [1.29, 1.82) is 0 Å². The van der Waals surface area contributed by atoms with Gasteiger partial charge in [-0.1, -0.05) is 43.1 Å². The number of hydrogen-bond acceptors (Lipinski definition) is 2. The van der Waals surface area contributed by atoms with Crippen LogP contribution in [0.25, 0.3) is 0 Å². The summed E-state index contributed by atoms with van der Waals surface area (Å²) in [5, 5.41) is 6.42. The first-order valence-corrected chi connectivity index (χ1v) is 9.39. The molecule has 136 valence electrons. The Morgan fingerprint density at radius 1 is 1.12 bits per heavy atom. The number of rotatable bonds is 6. The van der Waals surface area contributed by atoms with Crippen molar-refractivity contribution in [3.63, 3.8) is 0 Å². The Hall–Kier alpha value is -2.33. The molecule has 0 spiro atoms. The summed E-state index contributed by atoms with van der Waals surface area (Å²) in [6.07, 6.45) is 3.73. The van der Waals surface area contributed by atoms with E-state index in [0.717, 1.165) is 31.2 Å². The Morgan fingerprint density at radius 2 is 1.85 bits per heavy atom. The number of benzene rings is 2. The fraction of sp³-hybridized carbons (Fsp3) is 0.333. The third-order valence-corrected chi connectivity index (χ3v) is 5.19. The Bertz CT molecular complexity index is 798. The van der Waals surface area contributed by atoms with Gasteiger partial charge in [-0.15, -0.1) is 0 Å². The summed E-state index contributed by atoms with van der Waals surface area (Å²) in [4.78, 5) is 24.9. The third-order valence-electron chi connectivity index (χ3n) is 4.96. The molecule has 1 fully saturated rings. The van der Waals surface area contributed by atoms with E-state index in [2.05, 4.69) is 10.6 Å². The van der Waals surface area contributed by atoms with E-state index in [1.54, 1.807) is 24.3 Å². The van der Waals surface area contributed by atoms with E-state index in [1.165, 1.54) is 0 Å². The molecular formula is C21H23ClN2O2.